The highest BCUT2D eigenvalue weighted by atomic mass is 15.1. The maximum atomic E-state index is 2.41. The largest absolute Gasteiger partial charge is 0.310 e. The fourth-order valence-corrected chi connectivity index (χ4v) is 8.09. The van der Waals surface area contributed by atoms with Crippen LogP contribution < -0.4 is 4.90 Å². The van der Waals surface area contributed by atoms with Crippen LogP contribution in [0.25, 0.3) is 76.8 Å². The lowest BCUT2D eigenvalue weighted by molar-refractivity contribution is 1.28. The molecule has 258 valence electrons. The van der Waals surface area contributed by atoms with Crippen LogP contribution in [0.4, 0.5) is 17.1 Å². The molecule has 0 bridgehead atoms. The van der Waals surface area contributed by atoms with E-state index in [1.165, 1.54) is 76.8 Å². The molecule has 10 aromatic rings. The van der Waals surface area contributed by atoms with Gasteiger partial charge in [-0.1, -0.05) is 188 Å². The fraction of sp³-hybridized carbons (Fsp3) is 0. The lowest BCUT2D eigenvalue weighted by Gasteiger charge is -2.28. The number of hydrogen-bond donors (Lipinski definition) is 0. The molecule has 0 unspecified atom stereocenters. The lowest BCUT2D eigenvalue weighted by Crippen LogP contribution is -2.11. The normalized spacial score (nSPS) is 11.3. The van der Waals surface area contributed by atoms with Gasteiger partial charge in [-0.15, -0.1) is 0 Å². The summed E-state index contributed by atoms with van der Waals surface area (Å²) in [5, 5.41) is 7.55. The molecule has 55 heavy (non-hydrogen) atoms. The third-order valence-electron chi connectivity index (χ3n) is 10.9. The zero-order chi connectivity index (χ0) is 36.6. The summed E-state index contributed by atoms with van der Waals surface area (Å²) in [6, 6.07) is 81.5. The van der Waals surface area contributed by atoms with E-state index in [0.29, 0.717) is 0 Å². The molecular formula is C54H37N. The Bertz CT molecular complexity index is 2960. The van der Waals surface area contributed by atoms with E-state index in [4.69, 9.17) is 0 Å². The summed E-state index contributed by atoms with van der Waals surface area (Å²) in [4.78, 5) is 2.41. The van der Waals surface area contributed by atoms with E-state index in [1.807, 2.05) is 0 Å². The highest BCUT2D eigenvalue weighted by Gasteiger charge is 2.19. The maximum Gasteiger partial charge on any atom is 0.0540 e. The summed E-state index contributed by atoms with van der Waals surface area (Å²) in [6.45, 7) is 0. The zero-order valence-electron chi connectivity index (χ0n) is 30.3. The van der Waals surface area contributed by atoms with Crippen molar-refractivity contribution < 1.29 is 0 Å². The Labute approximate surface area is 322 Å². The average molecular weight is 700 g/mol. The number of hydrogen-bond acceptors (Lipinski definition) is 1. The summed E-state index contributed by atoms with van der Waals surface area (Å²) in [5.74, 6) is 0. The summed E-state index contributed by atoms with van der Waals surface area (Å²) < 4.78 is 0. The molecule has 0 saturated heterocycles. The molecule has 1 heteroatoms. The molecule has 10 aromatic carbocycles. The Morgan fingerprint density at radius 3 is 1.65 bits per heavy atom. The molecule has 0 aliphatic rings. The van der Waals surface area contributed by atoms with Crippen molar-refractivity contribution in [3.63, 3.8) is 0 Å². The van der Waals surface area contributed by atoms with E-state index in [0.717, 1.165) is 17.1 Å². The van der Waals surface area contributed by atoms with Gasteiger partial charge in [0.2, 0.25) is 0 Å². The molecule has 0 aliphatic heterocycles. The van der Waals surface area contributed by atoms with Crippen LogP contribution in [-0.4, -0.2) is 0 Å². The van der Waals surface area contributed by atoms with E-state index in [-0.39, 0.29) is 0 Å². The minimum Gasteiger partial charge on any atom is -0.310 e. The van der Waals surface area contributed by atoms with E-state index >= 15 is 0 Å². The SMILES string of the molecule is c1ccc(-c2ccc(-c3ccccc3N(c3ccc(-c4ccc5ccccc5c4)cc3)c3cccc(-c4cccc5c4ccc4ccccc45)c3)cc2)cc1. The Kier molecular flexibility index (Phi) is 8.24. The van der Waals surface area contributed by atoms with Gasteiger partial charge in [-0.25, -0.2) is 0 Å². The van der Waals surface area contributed by atoms with Crippen LogP contribution in [0, 0.1) is 0 Å². The fourth-order valence-electron chi connectivity index (χ4n) is 8.09. The highest BCUT2D eigenvalue weighted by Crippen LogP contribution is 2.43. The number of nitrogens with zero attached hydrogens (tertiary/aromatic N) is 1. The van der Waals surface area contributed by atoms with Gasteiger partial charge < -0.3 is 4.90 Å². The topological polar surface area (TPSA) is 3.24 Å². The molecule has 10 rings (SSSR count). The second kappa shape index (κ2) is 14.0. The molecule has 0 radical (unpaired) electrons. The molecule has 0 atom stereocenters. The monoisotopic (exact) mass is 699 g/mol. The van der Waals surface area contributed by atoms with Crippen LogP contribution in [0.2, 0.25) is 0 Å². The summed E-state index contributed by atoms with van der Waals surface area (Å²) in [6.07, 6.45) is 0. The van der Waals surface area contributed by atoms with Crippen molar-refractivity contribution in [1.29, 1.82) is 0 Å². The summed E-state index contributed by atoms with van der Waals surface area (Å²) in [7, 11) is 0. The van der Waals surface area contributed by atoms with Crippen molar-refractivity contribution in [2.75, 3.05) is 4.90 Å². The minimum absolute atomic E-state index is 1.10. The Morgan fingerprint density at radius 1 is 0.236 bits per heavy atom. The van der Waals surface area contributed by atoms with Crippen molar-refractivity contribution in [3.05, 3.63) is 224 Å². The number of benzene rings is 10. The number of rotatable bonds is 7. The Morgan fingerprint density at radius 2 is 0.800 bits per heavy atom. The van der Waals surface area contributed by atoms with E-state index < -0.39 is 0 Å². The zero-order valence-corrected chi connectivity index (χ0v) is 30.3. The van der Waals surface area contributed by atoms with Gasteiger partial charge in [0.1, 0.15) is 0 Å². The summed E-state index contributed by atoms with van der Waals surface area (Å²) in [5.41, 5.74) is 12.9. The smallest absolute Gasteiger partial charge is 0.0540 e. The van der Waals surface area contributed by atoms with Gasteiger partial charge in [0, 0.05) is 16.9 Å². The number of anilines is 3. The van der Waals surface area contributed by atoms with Crippen molar-refractivity contribution in [3.8, 4) is 44.5 Å². The molecule has 0 fully saturated rings. The molecule has 0 saturated carbocycles. The van der Waals surface area contributed by atoms with Crippen LogP contribution in [0.15, 0.2) is 224 Å². The van der Waals surface area contributed by atoms with Crippen LogP contribution in [0.1, 0.15) is 0 Å². The first-order valence-corrected chi connectivity index (χ1v) is 18.9. The van der Waals surface area contributed by atoms with Gasteiger partial charge in [-0.2, -0.15) is 0 Å². The number of fused-ring (bicyclic) bond motifs is 4. The maximum absolute atomic E-state index is 2.41. The summed E-state index contributed by atoms with van der Waals surface area (Å²) >= 11 is 0. The van der Waals surface area contributed by atoms with E-state index in [1.54, 1.807) is 0 Å². The molecular weight excluding hydrogens is 663 g/mol. The first-order valence-electron chi connectivity index (χ1n) is 18.9. The molecule has 0 amide bonds. The highest BCUT2D eigenvalue weighted by molar-refractivity contribution is 6.12. The quantitative estimate of drug-likeness (QED) is 0.150. The first kappa shape index (κ1) is 32.4. The molecule has 0 aromatic heterocycles. The number of para-hydroxylation sites is 1. The van der Waals surface area contributed by atoms with Crippen molar-refractivity contribution in [2.24, 2.45) is 0 Å². The third kappa shape index (κ3) is 6.12. The van der Waals surface area contributed by atoms with Gasteiger partial charge in [0.05, 0.1) is 5.69 Å². The van der Waals surface area contributed by atoms with Crippen molar-refractivity contribution in [1.82, 2.24) is 0 Å². The standard InChI is InChI=1S/C54H37N/c1-2-12-38(13-3-1)40-24-27-43(28-25-40)51-20-8-9-23-54(51)55(47-33-30-41(31-34-47)45-29-26-39-14-4-5-16-44(39)36-45)48-18-10-17-46(37-48)50-21-11-22-52-49-19-7-6-15-42(49)32-35-53(50)52/h1-37H. The Balaban J connectivity index is 1.11. The van der Waals surface area contributed by atoms with Gasteiger partial charge in [-0.05, 0) is 108 Å². The Hall–Kier alpha value is -7.22. The molecule has 0 aliphatic carbocycles. The van der Waals surface area contributed by atoms with E-state index in [2.05, 4.69) is 229 Å². The first-order chi connectivity index (χ1) is 27.3. The van der Waals surface area contributed by atoms with Gasteiger partial charge in [0.15, 0.2) is 0 Å². The van der Waals surface area contributed by atoms with Crippen LogP contribution in [-0.2, 0) is 0 Å². The van der Waals surface area contributed by atoms with Crippen LogP contribution in [0.5, 0.6) is 0 Å². The minimum atomic E-state index is 1.10. The lowest BCUT2D eigenvalue weighted by atomic mass is 9.94. The van der Waals surface area contributed by atoms with Gasteiger partial charge in [-0.3, -0.25) is 0 Å². The molecule has 0 N–H and O–H groups in total. The predicted octanol–water partition coefficient (Wildman–Crippen LogP) is 15.3. The van der Waals surface area contributed by atoms with Crippen molar-refractivity contribution in [2.45, 2.75) is 0 Å². The molecule has 0 heterocycles. The second-order valence-corrected chi connectivity index (χ2v) is 14.1. The van der Waals surface area contributed by atoms with Gasteiger partial charge in [0.25, 0.3) is 0 Å². The van der Waals surface area contributed by atoms with Gasteiger partial charge >= 0.3 is 0 Å². The second-order valence-electron chi connectivity index (χ2n) is 14.1. The molecule has 0 spiro atoms. The van der Waals surface area contributed by atoms with Crippen LogP contribution >= 0.6 is 0 Å². The van der Waals surface area contributed by atoms with Crippen molar-refractivity contribution >= 4 is 49.4 Å². The van der Waals surface area contributed by atoms with E-state index in [9.17, 15) is 0 Å². The third-order valence-corrected chi connectivity index (χ3v) is 10.9. The predicted molar refractivity (Wildman–Crippen MR) is 235 cm³/mol. The molecule has 1 nitrogen and oxygen atoms in total. The van der Waals surface area contributed by atoms with Crippen LogP contribution in [0.3, 0.4) is 0 Å². The average Bonchev–Trinajstić information content (AvgIpc) is 3.27.